The van der Waals surface area contributed by atoms with Crippen molar-refractivity contribution in [3.63, 3.8) is 0 Å². The highest BCUT2D eigenvalue weighted by Gasteiger charge is 2.08. The topological polar surface area (TPSA) is 55.0 Å². The third kappa shape index (κ3) is 3.45. The number of halogens is 3. The van der Waals surface area contributed by atoms with Crippen molar-refractivity contribution in [1.29, 1.82) is 0 Å². The lowest BCUT2D eigenvalue weighted by molar-refractivity contribution is 0.625. The maximum absolute atomic E-state index is 13.3. The summed E-state index contributed by atoms with van der Waals surface area (Å²) in [6.45, 7) is 0.445. The largest absolute Gasteiger partial charge is 0.368 e. The standard InChI is InChI=1S/C12H11Cl2FN4/c1-19(11-5-10(14)17-12(16)18-11)6-7-2-3-8(13)9(15)4-7/h2-5H,6H2,1H3,(H2,16,17,18). The Hall–Kier alpha value is -1.59. The van der Waals surface area contributed by atoms with E-state index in [-0.39, 0.29) is 16.1 Å². The summed E-state index contributed by atoms with van der Waals surface area (Å²) in [6.07, 6.45) is 0. The number of benzene rings is 1. The molecule has 1 aromatic carbocycles. The molecule has 7 heteroatoms. The average Bonchev–Trinajstić information content (AvgIpc) is 2.32. The van der Waals surface area contributed by atoms with Crippen molar-refractivity contribution in [2.45, 2.75) is 6.54 Å². The van der Waals surface area contributed by atoms with Crippen LogP contribution in [-0.2, 0) is 6.54 Å². The van der Waals surface area contributed by atoms with Gasteiger partial charge < -0.3 is 10.6 Å². The lowest BCUT2D eigenvalue weighted by Gasteiger charge is -2.18. The van der Waals surface area contributed by atoms with Gasteiger partial charge in [-0.15, -0.1) is 0 Å². The number of hydrogen-bond donors (Lipinski definition) is 1. The summed E-state index contributed by atoms with van der Waals surface area (Å²) in [6, 6.07) is 6.23. The van der Waals surface area contributed by atoms with Crippen LogP contribution in [0.25, 0.3) is 0 Å². The molecule has 0 aliphatic rings. The normalized spacial score (nSPS) is 10.5. The van der Waals surface area contributed by atoms with Gasteiger partial charge in [-0.1, -0.05) is 29.3 Å². The molecule has 2 N–H and O–H groups in total. The molecule has 1 aromatic heterocycles. The number of hydrogen-bond acceptors (Lipinski definition) is 4. The van der Waals surface area contributed by atoms with Gasteiger partial charge in [0.2, 0.25) is 5.95 Å². The second-order valence-corrected chi connectivity index (χ2v) is 4.81. The summed E-state index contributed by atoms with van der Waals surface area (Å²) in [4.78, 5) is 9.62. The zero-order chi connectivity index (χ0) is 14.0. The third-order valence-corrected chi connectivity index (χ3v) is 2.99. The number of aromatic nitrogens is 2. The second-order valence-electron chi connectivity index (χ2n) is 4.01. The minimum atomic E-state index is -0.451. The molecule has 19 heavy (non-hydrogen) atoms. The summed E-state index contributed by atoms with van der Waals surface area (Å²) in [5, 5.41) is 0.359. The van der Waals surface area contributed by atoms with E-state index >= 15 is 0 Å². The first-order valence-electron chi connectivity index (χ1n) is 5.41. The molecule has 0 unspecified atom stereocenters. The van der Waals surface area contributed by atoms with Crippen LogP contribution in [0.5, 0.6) is 0 Å². The SMILES string of the molecule is CN(Cc1ccc(Cl)c(F)c1)c1cc(Cl)nc(N)n1. The van der Waals surface area contributed by atoms with Gasteiger partial charge >= 0.3 is 0 Å². The molecule has 0 radical (unpaired) electrons. The fraction of sp³-hybridized carbons (Fsp3) is 0.167. The van der Waals surface area contributed by atoms with Crippen LogP contribution < -0.4 is 10.6 Å². The fourth-order valence-corrected chi connectivity index (χ4v) is 1.91. The van der Waals surface area contributed by atoms with E-state index in [0.717, 1.165) is 5.56 Å². The van der Waals surface area contributed by atoms with Crippen molar-refractivity contribution in [3.8, 4) is 0 Å². The van der Waals surface area contributed by atoms with Crippen LogP contribution in [0.4, 0.5) is 16.2 Å². The van der Waals surface area contributed by atoms with Gasteiger partial charge in [0, 0.05) is 19.7 Å². The van der Waals surface area contributed by atoms with Gasteiger partial charge in [-0.3, -0.25) is 0 Å². The molecule has 2 aromatic rings. The predicted octanol–water partition coefficient (Wildman–Crippen LogP) is 3.14. The Bertz CT molecular complexity index is 586. The van der Waals surface area contributed by atoms with E-state index in [0.29, 0.717) is 12.4 Å². The zero-order valence-corrected chi connectivity index (χ0v) is 11.6. The first-order valence-corrected chi connectivity index (χ1v) is 6.16. The molecule has 0 aliphatic carbocycles. The smallest absolute Gasteiger partial charge is 0.223 e. The van der Waals surface area contributed by atoms with Crippen LogP contribution in [0.15, 0.2) is 24.3 Å². The highest BCUT2D eigenvalue weighted by molar-refractivity contribution is 6.30. The van der Waals surface area contributed by atoms with Crippen molar-refractivity contribution in [2.24, 2.45) is 0 Å². The zero-order valence-electron chi connectivity index (χ0n) is 10.1. The van der Waals surface area contributed by atoms with E-state index < -0.39 is 5.82 Å². The Morgan fingerprint density at radius 2 is 2.00 bits per heavy atom. The Kier molecular flexibility index (Phi) is 4.07. The summed E-state index contributed by atoms with van der Waals surface area (Å²) < 4.78 is 13.3. The lowest BCUT2D eigenvalue weighted by Crippen LogP contribution is -2.18. The van der Waals surface area contributed by atoms with Crippen LogP contribution >= 0.6 is 23.2 Å². The van der Waals surface area contributed by atoms with Crippen LogP contribution in [0.3, 0.4) is 0 Å². The molecule has 0 saturated heterocycles. The van der Waals surface area contributed by atoms with Gasteiger partial charge in [0.05, 0.1) is 5.02 Å². The average molecular weight is 301 g/mol. The van der Waals surface area contributed by atoms with E-state index in [1.54, 1.807) is 24.1 Å². The molecule has 0 fully saturated rings. The number of anilines is 2. The van der Waals surface area contributed by atoms with Crippen LogP contribution in [0, 0.1) is 5.82 Å². The van der Waals surface area contributed by atoms with Gasteiger partial charge in [0.15, 0.2) is 0 Å². The van der Waals surface area contributed by atoms with Crippen LogP contribution in [-0.4, -0.2) is 17.0 Å². The molecule has 100 valence electrons. The van der Waals surface area contributed by atoms with E-state index in [1.807, 2.05) is 0 Å². The summed E-state index contributed by atoms with van der Waals surface area (Å²) in [5.41, 5.74) is 6.29. The number of nitrogens with two attached hydrogens (primary N) is 1. The quantitative estimate of drug-likeness (QED) is 0.885. The summed E-state index contributed by atoms with van der Waals surface area (Å²) in [7, 11) is 1.80. The van der Waals surface area contributed by atoms with Gasteiger partial charge in [-0.2, -0.15) is 4.98 Å². The summed E-state index contributed by atoms with van der Waals surface area (Å²) in [5.74, 6) is 0.206. The first kappa shape index (κ1) is 13.8. The highest BCUT2D eigenvalue weighted by Crippen LogP contribution is 2.20. The van der Waals surface area contributed by atoms with Crippen molar-refractivity contribution in [3.05, 3.63) is 45.8 Å². The Morgan fingerprint density at radius 3 is 2.63 bits per heavy atom. The second kappa shape index (κ2) is 5.59. The molecular weight excluding hydrogens is 290 g/mol. The van der Waals surface area contributed by atoms with Crippen molar-refractivity contribution >= 4 is 35.0 Å². The maximum atomic E-state index is 13.3. The number of rotatable bonds is 3. The Balaban J connectivity index is 2.20. The molecule has 0 bridgehead atoms. The molecule has 0 spiro atoms. The maximum Gasteiger partial charge on any atom is 0.223 e. The van der Waals surface area contributed by atoms with Gasteiger partial charge in [-0.25, -0.2) is 9.37 Å². The van der Waals surface area contributed by atoms with Crippen LogP contribution in [0.2, 0.25) is 10.2 Å². The number of nitrogens with zero attached hydrogens (tertiary/aromatic N) is 3. The van der Waals surface area contributed by atoms with Gasteiger partial charge in [0.1, 0.15) is 16.8 Å². The minimum Gasteiger partial charge on any atom is -0.368 e. The molecular formula is C12H11Cl2FN4. The molecule has 0 aliphatic heterocycles. The van der Waals surface area contributed by atoms with Crippen LogP contribution in [0.1, 0.15) is 5.56 Å². The van der Waals surface area contributed by atoms with E-state index in [1.165, 1.54) is 12.1 Å². The van der Waals surface area contributed by atoms with E-state index in [9.17, 15) is 4.39 Å². The Morgan fingerprint density at radius 1 is 1.26 bits per heavy atom. The minimum absolute atomic E-state index is 0.0941. The van der Waals surface area contributed by atoms with E-state index in [2.05, 4.69) is 9.97 Å². The van der Waals surface area contributed by atoms with Crippen molar-refractivity contribution in [2.75, 3.05) is 17.7 Å². The number of nitrogen functional groups attached to an aromatic ring is 1. The molecule has 0 saturated carbocycles. The molecule has 4 nitrogen and oxygen atoms in total. The Labute approximate surface area is 120 Å². The molecule has 0 amide bonds. The lowest BCUT2D eigenvalue weighted by atomic mass is 10.2. The van der Waals surface area contributed by atoms with Crippen molar-refractivity contribution in [1.82, 2.24) is 9.97 Å². The first-order chi connectivity index (χ1) is 8.95. The fourth-order valence-electron chi connectivity index (χ4n) is 1.61. The third-order valence-electron chi connectivity index (χ3n) is 2.49. The van der Waals surface area contributed by atoms with E-state index in [4.69, 9.17) is 28.9 Å². The van der Waals surface area contributed by atoms with Gasteiger partial charge in [0.25, 0.3) is 0 Å². The monoisotopic (exact) mass is 300 g/mol. The highest BCUT2D eigenvalue weighted by atomic mass is 35.5. The molecule has 1 heterocycles. The molecule has 2 rings (SSSR count). The molecule has 0 atom stereocenters. The summed E-state index contributed by atoms with van der Waals surface area (Å²) >= 11 is 11.4. The van der Waals surface area contributed by atoms with Crippen molar-refractivity contribution < 1.29 is 4.39 Å². The predicted molar refractivity (Wildman–Crippen MR) is 75.0 cm³/mol. The van der Waals surface area contributed by atoms with Gasteiger partial charge in [-0.05, 0) is 17.7 Å².